The Hall–Kier alpha value is -1.95. The number of rotatable bonds is 7. The fourth-order valence-corrected chi connectivity index (χ4v) is 1.53. The molecule has 0 spiro atoms. The van der Waals surface area contributed by atoms with Gasteiger partial charge in [0, 0.05) is 18.6 Å². The van der Waals surface area contributed by atoms with E-state index in [9.17, 15) is 20.0 Å². The van der Waals surface area contributed by atoms with Crippen molar-refractivity contribution in [3.8, 4) is 0 Å². The molecule has 0 aliphatic carbocycles. The second-order valence-electron chi connectivity index (χ2n) is 4.12. The first-order valence-corrected chi connectivity index (χ1v) is 6.12. The van der Waals surface area contributed by atoms with Crippen LogP contribution in [0, 0.1) is 10.1 Å². The maximum atomic E-state index is 11.3. The molecule has 0 bridgehead atoms. The molecule has 1 unspecified atom stereocenters. The van der Waals surface area contributed by atoms with E-state index >= 15 is 0 Å². The number of aliphatic hydroxyl groups excluding tert-OH is 1. The van der Waals surface area contributed by atoms with E-state index in [0.29, 0.717) is 12.2 Å². The number of aliphatic hydroxyl groups is 1. The van der Waals surface area contributed by atoms with E-state index in [0.717, 1.165) is 6.42 Å². The highest BCUT2D eigenvalue weighted by molar-refractivity contribution is 5.69. The second kappa shape index (κ2) is 7.48. The smallest absolute Gasteiger partial charge is 0.305 e. The van der Waals surface area contributed by atoms with Crippen molar-refractivity contribution in [1.29, 1.82) is 0 Å². The highest BCUT2D eigenvalue weighted by Crippen LogP contribution is 2.21. The number of hydrogen-bond donors (Lipinski definition) is 1. The minimum atomic E-state index is -0.824. The zero-order valence-corrected chi connectivity index (χ0v) is 10.7. The van der Waals surface area contributed by atoms with Gasteiger partial charge in [-0.1, -0.05) is 6.92 Å². The van der Waals surface area contributed by atoms with Crippen LogP contribution in [-0.2, 0) is 9.53 Å². The first-order chi connectivity index (χ1) is 9.04. The van der Waals surface area contributed by atoms with Crippen molar-refractivity contribution in [2.75, 3.05) is 6.61 Å². The molecule has 0 aromatic heterocycles. The lowest BCUT2D eigenvalue weighted by molar-refractivity contribution is -0.384. The van der Waals surface area contributed by atoms with Gasteiger partial charge in [0.2, 0.25) is 0 Å². The van der Waals surface area contributed by atoms with Crippen LogP contribution in [0.25, 0.3) is 0 Å². The van der Waals surface area contributed by atoms with Gasteiger partial charge in [0.1, 0.15) is 0 Å². The van der Waals surface area contributed by atoms with Gasteiger partial charge in [0.25, 0.3) is 5.69 Å². The van der Waals surface area contributed by atoms with Crippen molar-refractivity contribution in [3.05, 3.63) is 39.9 Å². The molecule has 0 amide bonds. The van der Waals surface area contributed by atoms with Gasteiger partial charge in [-0.3, -0.25) is 14.9 Å². The van der Waals surface area contributed by atoms with Crippen LogP contribution in [0.2, 0.25) is 0 Å². The van der Waals surface area contributed by atoms with Crippen molar-refractivity contribution < 1.29 is 19.6 Å². The summed E-state index contributed by atoms with van der Waals surface area (Å²) >= 11 is 0. The van der Waals surface area contributed by atoms with Crippen LogP contribution in [-0.4, -0.2) is 22.6 Å². The maximum absolute atomic E-state index is 11.3. The van der Waals surface area contributed by atoms with Crippen LogP contribution in [0.4, 0.5) is 5.69 Å². The third kappa shape index (κ3) is 5.05. The highest BCUT2D eigenvalue weighted by Gasteiger charge is 2.12. The minimum Gasteiger partial charge on any atom is -0.466 e. The number of nitro groups is 1. The number of carbonyl (C=O) groups excluding carboxylic acids is 1. The Morgan fingerprint density at radius 3 is 2.58 bits per heavy atom. The lowest BCUT2D eigenvalue weighted by Crippen LogP contribution is -2.08. The molecule has 0 saturated heterocycles. The molecule has 1 rings (SSSR count). The van der Waals surface area contributed by atoms with Gasteiger partial charge >= 0.3 is 5.97 Å². The number of esters is 1. The zero-order valence-electron chi connectivity index (χ0n) is 10.7. The molecule has 104 valence electrons. The maximum Gasteiger partial charge on any atom is 0.305 e. The number of hydrogen-bond acceptors (Lipinski definition) is 5. The van der Waals surface area contributed by atoms with Crippen molar-refractivity contribution in [2.45, 2.75) is 32.3 Å². The average Bonchev–Trinajstić information content (AvgIpc) is 2.42. The van der Waals surface area contributed by atoms with Gasteiger partial charge in [-0.2, -0.15) is 0 Å². The third-order valence-electron chi connectivity index (χ3n) is 2.58. The summed E-state index contributed by atoms with van der Waals surface area (Å²) in [6, 6.07) is 5.63. The SMILES string of the molecule is CCCOC(=O)CCC(O)c1ccc([N+](=O)[O-])cc1. The van der Waals surface area contributed by atoms with E-state index in [-0.39, 0.29) is 24.5 Å². The van der Waals surface area contributed by atoms with Crippen LogP contribution < -0.4 is 0 Å². The van der Waals surface area contributed by atoms with E-state index in [4.69, 9.17) is 4.74 Å². The molecule has 0 aliphatic rings. The summed E-state index contributed by atoms with van der Waals surface area (Å²) < 4.78 is 4.89. The summed E-state index contributed by atoms with van der Waals surface area (Å²) in [6.07, 6.45) is 0.296. The molecule has 6 nitrogen and oxygen atoms in total. The van der Waals surface area contributed by atoms with E-state index in [1.54, 1.807) is 0 Å². The fourth-order valence-electron chi connectivity index (χ4n) is 1.53. The summed E-state index contributed by atoms with van der Waals surface area (Å²) in [5.41, 5.74) is 0.521. The van der Waals surface area contributed by atoms with Crippen molar-refractivity contribution in [2.24, 2.45) is 0 Å². The van der Waals surface area contributed by atoms with Gasteiger partial charge < -0.3 is 9.84 Å². The molecule has 0 aliphatic heterocycles. The summed E-state index contributed by atoms with van der Waals surface area (Å²) in [5.74, 6) is -0.345. The Balaban J connectivity index is 2.47. The molecule has 0 heterocycles. The molecule has 6 heteroatoms. The van der Waals surface area contributed by atoms with Crippen molar-refractivity contribution in [3.63, 3.8) is 0 Å². The van der Waals surface area contributed by atoms with Gasteiger partial charge in [-0.15, -0.1) is 0 Å². The Morgan fingerprint density at radius 2 is 2.05 bits per heavy atom. The Bertz CT molecular complexity index is 429. The monoisotopic (exact) mass is 267 g/mol. The molecular weight excluding hydrogens is 250 g/mol. The molecule has 1 atom stereocenters. The number of carbonyl (C=O) groups is 1. The molecule has 1 aromatic carbocycles. The molecule has 19 heavy (non-hydrogen) atoms. The van der Waals surface area contributed by atoms with Crippen LogP contribution in [0.5, 0.6) is 0 Å². The van der Waals surface area contributed by atoms with Crippen LogP contribution in [0.3, 0.4) is 0 Å². The molecule has 1 aromatic rings. The standard InChI is InChI=1S/C13H17NO5/c1-2-9-19-13(16)8-7-12(15)10-3-5-11(6-4-10)14(17)18/h3-6,12,15H,2,7-9H2,1H3. The Kier molecular flexibility index (Phi) is 5.95. The number of nitro benzene ring substituents is 1. The highest BCUT2D eigenvalue weighted by atomic mass is 16.6. The summed E-state index contributed by atoms with van der Waals surface area (Å²) in [6.45, 7) is 2.28. The van der Waals surface area contributed by atoms with Crippen LogP contribution in [0.1, 0.15) is 37.9 Å². The van der Waals surface area contributed by atoms with Gasteiger partial charge in [-0.25, -0.2) is 0 Å². The molecular formula is C13H17NO5. The predicted molar refractivity (Wildman–Crippen MR) is 68.5 cm³/mol. The molecule has 0 radical (unpaired) electrons. The minimum absolute atomic E-state index is 0.0293. The van der Waals surface area contributed by atoms with Crippen molar-refractivity contribution in [1.82, 2.24) is 0 Å². The summed E-state index contributed by atoms with van der Waals surface area (Å²) in [4.78, 5) is 21.2. The van der Waals surface area contributed by atoms with Gasteiger partial charge in [0.05, 0.1) is 17.6 Å². The van der Waals surface area contributed by atoms with E-state index in [1.807, 2.05) is 6.92 Å². The zero-order chi connectivity index (χ0) is 14.3. The van der Waals surface area contributed by atoms with E-state index in [1.165, 1.54) is 24.3 Å². The summed E-state index contributed by atoms with van der Waals surface area (Å²) in [5, 5.41) is 20.3. The second-order valence-corrected chi connectivity index (χ2v) is 4.12. The van der Waals surface area contributed by atoms with E-state index in [2.05, 4.69) is 0 Å². The largest absolute Gasteiger partial charge is 0.466 e. The predicted octanol–water partition coefficient (Wildman–Crippen LogP) is 2.36. The lowest BCUT2D eigenvalue weighted by Gasteiger charge is -2.10. The summed E-state index contributed by atoms with van der Waals surface area (Å²) in [7, 11) is 0. The number of non-ortho nitro benzene ring substituents is 1. The molecule has 1 N–H and O–H groups in total. The first-order valence-electron chi connectivity index (χ1n) is 6.12. The lowest BCUT2D eigenvalue weighted by atomic mass is 10.0. The fraction of sp³-hybridized carbons (Fsp3) is 0.462. The Morgan fingerprint density at radius 1 is 1.42 bits per heavy atom. The first kappa shape index (κ1) is 15.1. The van der Waals surface area contributed by atoms with Gasteiger partial charge in [-0.05, 0) is 30.5 Å². The number of nitrogens with zero attached hydrogens (tertiary/aromatic N) is 1. The average molecular weight is 267 g/mol. The third-order valence-corrected chi connectivity index (χ3v) is 2.58. The van der Waals surface area contributed by atoms with Crippen LogP contribution in [0.15, 0.2) is 24.3 Å². The normalized spacial score (nSPS) is 11.9. The quantitative estimate of drug-likeness (QED) is 0.465. The van der Waals surface area contributed by atoms with Crippen molar-refractivity contribution >= 4 is 11.7 Å². The Labute approximate surface area is 111 Å². The van der Waals surface area contributed by atoms with Gasteiger partial charge in [0.15, 0.2) is 0 Å². The number of benzene rings is 1. The number of ether oxygens (including phenoxy) is 1. The molecule has 0 fully saturated rings. The van der Waals surface area contributed by atoms with E-state index < -0.39 is 11.0 Å². The van der Waals surface area contributed by atoms with Crippen LogP contribution >= 0.6 is 0 Å². The topological polar surface area (TPSA) is 89.7 Å². The molecule has 0 saturated carbocycles.